The number of hydrogen-bond acceptors (Lipinski definition) is 5. The molecule has 2 aromatic carbocycles. The minimum atomic E-state index is -0.350. The van der Waals surface area contributed by atoms with Gasteiger partial charge in [-0.2, -0.15) is 0 Å². The molecule has 1 fully saturated rings. The molecule has 0 saturated carbocycles. The van der Waals surface area contributed by atoms with Gasteiger partial charge in [0.1, 0.15) is 5.82 Å². The number of hydroxylamine groups is 1. The summed E-state index contributed by atoms with van der Waals surface area (Å²) in [5, 5.41) is 0. The van der Waals surface area contributed by atoms with Gasteiger partial charge in [-0.05, 0) is 62.1 Å². The van der Waals surface area contributed by atoms with E-state index in [0.29, 0.717) is 6.61 Å². The molecule has 2 heterocycles. The number of amides is 1. The maximum atomic E-state index is 12.0. The summed E-state index contributed by atoms with van der Waals surface area (Å²) >= 11 is 0. The number of carbonyl (C=O) groups excluding carboxylic acids is 1. The number of hydrogen-bond donors (Lipinski definition) is 2. The van der Waals surface area contributed by atoms with Gasteiger partial charge in [-0.25, -0.2) is 15.3 Å². The summed E-state index contributed by atoms with van der Waals surface area (Å²) in [6, 6.07) is 14.5. The van der Waals surface area contributed by atoms with Crippen LogP contribution in [0.4, 0.5) is 5.69 Å². The number of aromatic amines is 1. The Bertz CT molecular complexity index is 1080. The molecular formula is C26H32N4O3. The van der Waals surface area contributed by atoms with Crippen LogP contribution in [0.3, 0.4) is 0 Å². The van der Waals surface area contributed by atoms with Crippen LogP contribution in [0.1, 0.15) is 50.1 Å². The van der Waals surface area contributed by atoms with Gasteiger partial charge in [0.25, 0.3) is 5.91 Å². The van der Waals surface area contributed by atoms with Crippen LogP contribution in [0.25, 0.3) is 17.1 Å². The highest BCUT2D eigenvalue weighted by Crippen LogP contribution is 2.22. The molecule has 0 spiro atoms. The number of anilines is 1. The number of rotatable bonds is 9. The Balaban J connectivity index is 1.32. The van der Waals surface area contributed by atoms with Crippen molar-refractivity contribution < 1.29 is 14.4 Å². The molecule has 1 atom stereocenters. The summed E-state index contributed by atoms with van der Waals surface area (Å²) in [5.41, 5.74) is 7.77. The van der Waals surface area contributed by atoms with E-state index in [1.165, 1.54) is 11.8 Å². The van der Waals surface area contributed by atoms with Crippen molar-refractivity contribution in [2.45, 2.75) is 45.8 Å². The number of benzene rings is 2. The topological polar surface area (TPSA) is 79.5 Å². The van der Waals surface area contributed by atoms with Gasteiger partial charge in [-0.3, -0.25) is 4.79 Å². The largest absolute Gasteiger partial charge is 0.372 e. The molecule has 0 radical (unpaired) electrons. The van der Waals surface area contributed by atoms with E-state index in [1.807, 2.05) is 12.1 Å². The van der Waals surface area contributed by atoms with Crippen LogP contribution in [-0.4, -0.2) is 41.9 Å². The number of imidazole rings is 1. The summed E-state index contributed by atoms with van der Waals surface area (Å²) in [4.78, 5) is 27.8. The third-order valence-corrected chi connectivity index (χ3v) is 5.85. The lowest BCUT2D eigenvalue weighted by Crippen LogP contribution is -2.32. The van der Waals surface area contributed by atoms with Crippen LogP contribution in [-0.2, 0) is 20.8 Å². The quantitative estimate of drug-likeness (QED) is 0.370. The highest BCUT2D eigenvalue weighted by atomic mass is 16.8. The number of aromatic nitrogens is 2. The Morgan fingerprint density at radius 3 is 2.76 bits per heavy atom. The Hall–Kier alpha value is -3.16. The predicted octanol–water partition coefficient (Wildman–Crippen LogP) is 4.59. The lowest BCUT2D eigenvalue weighted by Gasteiger charge is -2.21. The van der Waals surface area contributed by atoms with E-state index in [9.17, 15) is 4.79 Å². The number of carbonyl (C=O) groups is 1. The molecule has 1 aliphatic heterocycles. The van der Waals surface area contributed by atoms with Gasteiger partial charge < -0.3 is 14.6 Å². The monoisotopic (exact) mass is 448 g/mol. The predicted molar refractivity (Wildman–Crippen MR) is 131 cm³/mol. The number of H-pyrrole nitrogens is 1. The summed E-state index contributed by atoms with van der Waals surface area (Å²) in [6.07, 6.45) is 6.48. The van der Waals surface area contributed by atoms with Crippen molar-refractivity contribution in [1.82, 2.24) is 15.4 Å². The van der Waals surface area contributed by atoms with E-state index in [4.69, 9.17) is 14.6 Å². The fourth-order valence-electron chi connectivity index (χ4n) is 3.99. The number of nitrogens with zero attached hydrogens (tertiary/aromatic N) is 2. The van der Waals surface area contributed by atoms with Gasteiger partial charge in [0.2, 0.25) is 0 Å². The SMILES string of the molecule is CCN(CC)c1ccc2nc(Cc3ccc(C=CC(=O)NOC4CCCCO4)cc3)[nH]c2c1. The van der Waals surface area contributed by atoms with Crippen molar-refractivity contribution in [2.75, 3.05) is 24.6 Å². The van der Waals surface area contributed by atoms with Crippen molar-refractivity contribution in [3.63, 3.8) is 0 Å². The van der Waals surface area contributed by atoms with E-state index in [0.717, 1.165) is 66.8 Å². The number of fused-ring (bicyclic) bond motifs is 1. The zero-order valence-corrected chi connectivity index (χ0v) is 19.3. The van der Waals surface area contributed by atoms with Crippen molar-refractivity contribution in [2.24, 2.45) is 0 Å². The Kier molecular flexibility index (Phi) is 7.75. The zero-order valence-electron chi connectivity index (χ0n) is 19.3. The minimum absolute atomic E-state index is 0.306. The lowest BCUT2D eigenvalue weighted by molar-refractivity contribution is -0.198. The molecule has 7 heteroatoms. The van der Waals surface area contributed by atoms with Crippen molar-refractivity contribution in [3.8, 4) is 0 Å². The second kappa shape index (κ2) is 11.1. The first-order valence-electron chi connectivity index (χ1n) is 11.7. The first kappa shape index (κ1) is 23.0. The van der Waals surface area contributed by atoms with Crippen molar-refractivity contribution >= 4 is 28.7 Å². The van der Waals surface area contributed by atoms with Crippen LogP contribution < -0.4 is 10.4 Å². The molecule has 7 nitrogen and oxygen atoms in total. The van der Waals surface area contributed by atoms with Crippen LogP contribution in [0.15, 0.2) is 48.5 Å². The summed E-state index contributed by atoms with van der Waals surface area (Å²) in [7, 11) is 0. The fraction of sp³-hybridized carbons (Fsp3) is 0.385. The third kappa shape index (κ3) is 6.21. The summed E-state index contributed by atoms with van der Waals surface area (Å²) in [5.74, 6) is 0.631. The highest BCUT2D eigenvalue weighted by molar-refractivity contribution is 5.90. The van der Waals surface area contributed by atoms with Crippen LogP contribution in [0.5, 0.6) is 0 Å². The van der Waals surface area contributed by atoms with E-state index in [1.54, 1.807) is 6.08 Å². The second-order valence-electron chi connectivity index (χ2n) is 8.19. The van der Waals surface area contributed by atoms with E-state index in [-0.39, 0.29) is 12.2 Å². The summed E-state index contributed by atoms with van der Waals surface area (Å²) < 4.78 is 5.43. The molecule has 0 bridgehead atoms. The third-order valence-electron chi connectivity index (χ3n) is 5.85. The molecule has 1 saturated heterocycles. The first-order chi connectivity index (χ1) is 16.1. The summed E-state index contributed by atoms with van der Waals surface area (Å²) in [6.45, 7) is 6.96. The Morgan fingerprint density at radius 2 is 2.03 bits per heavy atom. The van der Waals surface area contributed by atoms with Crippen molar-refractivity contribution in [3.05, 3.63) is 65.5 Å². The molecule has 1 unspecified atom stereocenters. The average Bonchev–Trinajstić information content (AvgIpc) is 3.25. The van der Waals surface area contributed by atoms with Crippen LogP contribution in [0, 0.1) is 0 Å². The van der Waals surface area contributed by atoms with Crippen LogP contribution >= 0.6 is 0 Å². The van der Waals surface area contributed by atoms with Gasteiger partial charge in [-0.15, -0.1) is 0 Å². The number of nitrogens with one attached hydrogen (secondary N) is 2. The molecule has 174 valence electrons. The standard InChI is InChI=1S/C26H32N4O3/c1-3-30(4-2)21-13-14-22-23(18-21)28-24(27-22)17-20-10-8-19(9-11-20)12-15-25(31)29-33-26-7-5-6-16-32-26/h8-15,18,26H,3-7,16-17H2,1-2H3,(H,27,28)(H,29,31). The highest BCUT2D eigenvalue weighted by Gasteiger charge is 2.15. The van der Waals surface area contributed by atoms with E-state index >= 15 is 0 Å². The fourth-order valence-corrected chi connectivity index (χ4v) is 3.99. The smallest absolute Gasteiger partial charge is 0.267 e. The zero-order chi connectivity index (χ0) is 23.0. The molecule has 1 amide bonds. The molecular weight excluding hydrogens is 416 g/mol. The Morgan fingerprint density at radius 1 is 1.21 bits per heavy atom. The first-order valence-corrected chi connectivity index (χ1v) is 11.7. The lowest BCUT2D eigenvalue weighted by atomic mass is 10.1. The van der Waals surface area contributed by atoms with Gasteiger partial charge in [0.05, 0.1) is 11.0 Å². The molecule has 2 N–H and O–H groups in total. The van der Waals surface area contributed by atoms with Crippen LogP contribution in [0.2, 0.25) is 0 Å². The van der Waals surface area contributed by atoms with E-state index in [2.05, 4.69) is 59.5 Å². The Labute approximate surface area is 194 Å². The maximum absolute atomic E-state index is 12.0. The maximum Gasteiger partial charge on any atom is 0.267 e. The normalized spacial score (nSPS) is 16.4. The van der Waals surface area contributed by atoms with Crippen molar-refractivity contribution in [1.29, 1.82) is 0 Å². The van der Waals surface area contributed by atoms with Gasteiger partial charge >= 0.3 is 0 Å². The van der Waals surface area contributed by atoms with Gasteiger partial charge in [0, 0.05) is 44.3 Å². The number of ether oxygens (including phenoxy) is 1. The van der Waals surface area contributed by atoms with Gasteiger partial charge in [0.15, 0.2) is 6.29 Å². The second-order valence-corrected chi connectivity index (χ2v) is 8.19. The molecule has 0 aliphatic carbocycles. The molecule has 33 heavy (non-hydrogen) atoms. The molecule has 4 rings (SSSR count). The van der Waals surface area contributed by atoms with Gasteiger partial charge in [-0.1, -0.05) is 24.3 Å². The molecule has 1 aromatic heterocycles. The molecule has 1 aliphatic rings. The average molecular weight is 449 g/mol. The molecule has 3 aromatic rings. The van der Waals surface area contributed by atoms with E-state index < -0.39 is 0 Å². The minimum Gasteiger partial charge on any atom is -0.372 e.